The molecule has 1 heterocycles. The zero-order chi connectivity index (χ0) is 18.7. The maximum Gasteiger partial charge on any atom is 0.405 e. The molecule has 1 aliphatic heterocycles. The maximum absolute atomic E-state index is 13.4. The molecule has 1 aromatic carbocycles. The zero-order valence-electron chi connectivity index (χ0n) is 15.3. The highest BCUT2D eigenvalue weighted by Crippen LogP contribution is 2.27. The summed E-state index contributed by atoms with van der Waals surface area (Å²) in [5.74, 6) is -0.402. The second kappa shape index (κ2) is 9.06. The molecule has 1 aliphatic rings. The van der Waals surface area contributed by atoms with E-state index in [9.17, 15) is 18.0 Å². The lowest BCUT2D eigenvalue weighted by Gasteiger charge is -2.36. The topological polar surface area (TPSA) is 44.4 Å². The van der Waals surface area contributed by atoms with Crippen LogP contribution in [0.5, 0.6) is 0 Å². The summed E-state index contributed by atoms with van der Waals surface area (Å²) in [7, 11) is 0. The van der Waals surface area contributed by atoms with Gasteiger partial charge in [0.1, 0.15) is 6.04 Å². The zero-order valence-corrected chi connectivity index (χ0v) is 16.1. The molecule has 1 saturated heterocycles. The third kappa shape index (κ3) is 5.59. The smallest absolute Gasteiger partial charge is 0.353 e. The molecule has 0 bridgehead atoms. The third-order valence-corrected chi connectivity index (χ3v) is 4.77. The molecular formula is C18H27ClF3N3O. The number of alkyl halides is 3. The van der Waals surface area contributed by atoms with E-state index in [0.717, 1.165) is 11.1 Å². The van der Waals surface area contributed by atoms with E-state index in [4.69, 9.17) is 0 Å². The third-order valence-electron chi connectivity index (χ3n) is 4.77. The van der Waals surface area contributed by atoms with Gasteiger partial charge in [0.05, 0.1) is 5.41 Å². The minimum Gasteiger partial charge on any atom is -0.353 e. The monoisotopic (exact) mass is 393 g/mol. The summed E-state index contributed by atoms with van der Waals surface area (Å²) in [5, 5.41) is 5.56. The minimum absolute atomic E-state index is 0. The summed E-state index contributed by atoms with van der Waals surface area (Å²) < 4.78 is 40.2. The molecule has 4 nitrogen and oxygen atoms in total. The highest BCUT2D eigenvalue weighted by Gasteiger charge is 2.44. The number of aryl methyl sites for hydroxylation is 1. The first kappa shape index (κ1) is 22.7. The molecule has 0 aromatic heterocycles. The Kier molecular flexibility index (Phi) is 7.92. The van der Waals surface area contributed by atoms with E-state index in [1.165, 1.54) is 4.90 Å². The van der Waals surface area contributed by atoms with Crippen molar-refractivity contribution in [1.29, 1.82) is 0 Å². The number of rotatable bonds is 5. The van der Waals surface area contributed by atoms with Crippen molar-refractivity contribution in [2.24, 2.45) is 0 Å². The average molecular weight is 394 g/mol. The molecule has 0 saturated carbocycles. The Balaban J connectivity index is 0.00000338. The van der Waals surface area contributed by atoms with Crippen molar-refractivity contribution >= 4 is 18.3 Å². The van der Waals surface area contributed by atoms with Crippen LogP contribution in [0.2, 0.25) is 0 Å². The number of carbonyl (C=O) groups is 1. The van der Waals surface area contributed by atoms with Crippen LogP contribution in [0.25, 0.3) is 0 Å². The molecular weight excluding hydrogens is 367 g/mol. The van der Waals surface area contributed by atoms with Gasteiger partial charge in [0.2, 0.25) is 5.91 Å². The van der Waals surface area contributed by atoms with Crippen LogP contribution in [0, 0.1) is 6.92 Å². The summed E-state index contributed by atoms with van der Waals surface area (Å²) in [6.45, 7) is 6.64. The number of nitrogens with zero attached hydrogens (tertiary/aromatic N) is 1. The van der Waals surface area contributed by atoms with E-state index in [2.05, 4.69) is 10.6 Å². The summed E-state index contributed by atoms with van der Waals surface area (Å²) in [6.07, 6.45) is -4.38. The average Bonchev–Trinajstić information content (AvgIpc) is 2.55. The quantitative estimate of drug-likeness (QED) is 0.808. The number of halogens is 4. The number of piperazine rings is 1. The minimum atomic E-state index is -4.38. The number of nitrogens with one attached hydrogen (secondary N) is 2. The highest BCUT2D eigenvalue weighted by molar-refractivity contribution is 5.87. The van der Waals surface area contributed by atoms with Crippen molar-refractivity contribution in [2.45, 2.75) is 38.4 Å². The van der Waals surface area contributed by atoms with Crippen LogP contribution in [0.4, 0.5) is 13.2 Å². The predicted octanol–water partition coefficient (Wildman–Crippen LogP) is 2.65. The van der Waals surface area contributed by atoms with Crippen LogP contribution in [0.3, 0.4) is 0 Å². The van der Waals surface area contributed by atoms with Gasteiger partial charge in [0.15, 0.2) is 0 Å². The van der Waals surface area contributed by atoms with E-state index >= 15 is 0 Å². The number of carbonyl (C=O) groups excluding carboxylic acids is 1. The summed E-state index contributed by atoms with van der Waals surface area (Å²) in [6, 6.07) is 5.80. The Labute approximate surface area is 158 Å². The van der Waals surface area contributed by atoms with Gasteiger partial charge in [-0.1, -0.05) is 29.8 Å². The normalized spacial score (nSPS) is 17.3. The molecule has 1 atom stereocenters. The van der Waals surface area contributed by atoms with E-state index in [1.54, 1.807) is 13.8 Å². The Morgan fingerprint density at radius 1 is 1.19 bits per heavy atom. The second-order valence-corrected chi connectivity index (χ2v) is 7.04. The van der Waals surface area contributed by atoms with Gasteiger partial charge in [-0.2, -0.15) is 13.2 Å². The van der Waals surface area contributed by atoms with Crippen LogP contribution in [-0.2, 0) is 10.2 Å². The highest BCUT2D eigenvalue weighted by atomic mass is 35.5. The van der Waals surface area contributed by atoms with E-state index in [-0.39, 0.29) is 12.4 Å². The summed E-state index contributed by atoms with van der Waals surface area (Å²) >= 11 is 0. The Morgan fingerprint density at radius 3 is 2.23 bits per heavy atom. The van der Waals surface area contributed by atoms with Gasteiger partial charge in [-0.15, -0.1) is 12.4 Å². The van der Waals surface area contributed by atoms with Gasteiger partial charge >= 0.3 is 6.18 Å². The molecule has 26 heavy (non-hydrogen) atoms. The first-order chi connectivity index (χ1) is 11.6. The van der Waals surface area contributed by atoms with Crippen molar-refractivity contribution in [3.8, 4) is 0 Å². The maximum atomic E-state index is 13.4. The molecule has 2 N–H and O–H groups in total. The van der Waals surface area contributed by atoms with Crippen LogP contribution in [0.15, 0.2) is 24.3 Å². The lowest BCUT2D eigenvalue weighted by atomic mass is 9.83. The first-order valence-corrected chi connectivity index (χ1v) is 8.49. The fourth-order valence-corrected chi connectivity index (χ4v) is 2.96. The first-order valence-electron chi connectivity index (χ1n) is 8.49. The van der Waals surface area contributed by atoms with Crippen LogP contribution in [0.1, 0.15) is 25.0 Å². The molecule has 148 valence electrons. The molecule has 1 amide bonds. The molecule has 0 aliphatic carbocycles. The molecule has 1 aromatic rings. The van der Waals surface area contributed by atoms with E-state index in [0.29, 0.717) is 26.2 Å². The fourth-order valence-electron chi connectivity index (χ4n) is 2.96. The largest absolute Gasteiger partial charge is 0.405 e. The molecule has 0 radical (unpaired) electrons. The standard InChI is InChI=1S/C18H26F3N3O.ClH/c1-13-4-6-14(7-5-13)17(2,3)16(25)23-12-15(18(19,20)21)24-10-8-22-9-11-24;/h4-7,15,22H,8-12H2,1-3H3,(H,23,25);1H. The lowest BCUT2D eigenvalue weighted by molar-refractivity contribution is -0.184. The predicted molar refractivity (Wildman–Crippen MR) is 98.7 cm³/mol. The Morgan fingerprint density at radius 2 is 1.73 bits per heavy atom. The van der Waals surface area contributed by atoms with Crippen molar-refractivity contribution in [3.05, 3.63) is 35.4 Å². The second-order valence-electron chi connectivity index (χ2n) is 7.04. The number of benzene rings is 1. The van der Waals surface area contributed by atoms with Gasteiger partial charge in [0.25, 0.3) is 0 Å². The molecule has 8 heteroatoms. The molecule has 0 spiro atoms. The van der Waals surface area contributed by atoms with Crippen molar-refractivity contribution in [1.82, 2.24) is 15.5 Å². The number of hydrogen-bond donors (Lipinski definition) is 2. The van der Waals surface area contributed by atoms with Gasteiger partial charge in [-0.25, -0.2) is 0 Å². The van der Waals surface area contributed by atoms with Crippen molar-refractivity contribution in [2.75, 3.05) is 32.7 Å². The van der Waals surface area contributed by atoms with Crippen LogP contribution >= 0.6 is 12.4 Å². The van der Waals surface area contributed by atoms with Crippen molar-refractivity contribution < 1.29 is 18.0 Å². The number of hydrogen-bond acceptors (Lipinski definition) is 3. The van der Waals surface area contributed by atoms with Gasteiger partial charge < -0.3 is 10.6 Å². The van der Waals surface area contributed by atoms with E-state index < -0.39 is 30.1 Å². The Hall–Kier alpha value is -1.31. The van der Waals surface area contributed by atoms with Gasteiger partial charge in [-0.05, 0) is 26.3 Å². The lowest BCUT2D eigenvalue weighted by Crippen LogP contribution is -2.58. The van der Waals surface area contributed by atoms with E-state index in [1.807, 2.05) is 31.2 Å². The number of amides is 1. The van der Waals surface area contributed by atoms with Crippen molar-refractivity contribution in [3.63, 3.8) is 0 Å². The Bertz CT molecular complexity index is 584. The van der Waals surface area contributed by atoms with Gasteiger partial charge in [0, 0.05) is 32.7 Å². The fraction of sp³-hybridized carbons (Fsp3) is 0.611. The van der Waals surface area contributed by atoms with Gasteiger partial charge in [-0.3, -0.25) is 9.69 Å². The van der Waals surface area contributed by atoms with Crippen LogP contribution in [-0.4, -0.2) is 55.7 Å². The summed E-state index contributed by atoms with van der Waals surface area (Å²) in [5.41, 5.74) is 0.949. The molecule has 2 rings (SSSR count). The molecule has 1 fully saturated rings. The summed E-state index contributed by atoms with van der Waals surface area (Å²) in [4.78, 5) is 13.9. The molecule has 1 unspecified atom stereocenters. The van der Waals surface area contributed by atoms with Crippen LogP contribution < -0.4 is 10.6 Å². The SMILES string of the molecule is Cc1ccc(C(C)(C)C(=O)NCC(N2CCNCC2)C(F)(F)F)cc1.Cl.